The highest BCUT2D eigenvalue weighted by molar-refractivity contribution is 6.10. The fourth-order valence-electron chi connectivity index (χ4n) is 7.97. The van der Waals surface area contributed by atoms with Crippen LogP contribution in [0, 0.1) is 20.8 Å². The second kappa shape index (κ2) is 13.5. The van der Waals surface area contributed by atoms with Crippen LogP contribution in [0.1, 0.15) is 16.7 Å². The lowest BCUT2D eigenvalue weighted by atomic mass is 9.95. The molecular formula is C51H40N2. The predicted molar refractivity (Wildman–Crippen MR) is 226 cm³/mol. The number of nitrogens with zero attached hydrogens (tertiary/aromatic N) is 1. The Kier molecular flexibility index (Phi) is 8.21. The van der Waals surface area contributed by atoms with Crippen LogP contribution in [0.5, 0.6) is 0 Å². The minimum absolute atomic E-state index is 1.10. The van der Waals surface area contributed by atoms with Crippen molar-refractivity contribution in [1.29, 1.82) is 0 Å². The molecule has 0 radical (unpaired) electrons. The van der Waals surface area contributed by atoms with Crippen molar-refractivity contribution in [3.8, 4) is 50.2 Å². The lowest BCUT2D eigenvalue weighted by molar-refractivity contribution is 1.18. The molecule has 53 heavy (non-hydrogen) atoms. The SMILES string of the molecule is Cc1cc(C)c(Nc2ccc(-c3ccc4c(c3)c3ccccc3n4-c3cc(-c4ccccc4)cc(-c4ccccc4)c3)cc2-c2ccccc2)c(C)c1. The first-order chi connectivity index (χ1) is 26.0. The number of rotatable bonds is 7. The molecule has 0 amide bonds. The average Bonchev–Trinajstić information content (AvgIpc) is 3.54. The first-order valence-corrected chi connectivity index (χ1v) is 18.3. The standard InChI is InChI=1S/C51H40N2/c1-34-27-35(2)51(36(3)28-34)52-48-25-23-40(32-46(48)39-19-11-6-12-20-39)41-24-26-50-47(33-41)45-21-13-14-22-49(45)53(50)44-30-42(37-15-7-4-8-16-37)29-43(31-44)38-17-9-5-10-18-38/h4-33,52H,1-3H3. The van der Waals surface area contributed by atoms with Gasteiger partial charge in [-0.3, -0.25) is 0 Å². The predicted octanol–water partition coefficient (Wildman–Crippen LogP) is 14.1. The summed E-state index contributed by atoms with van der Waals surface area (Å²) in [5.41, 5.74) is 19.1. The lowest BCUT2D eigenvalue weighted by Gasteiger charge is -2.18. The molecule has 0 aliphatic carbocycles. The van der Waals surface area contributed by atoms with E-state index in [0.29, 0.717) is 0 Å². The van der Waals surface area contributed by atoms with Crippen LogP contribution < -0.4 is 5.32 Å². The summed E-state index contributed by atoms with van der Waals surface area (Å²) in [7, 11) is 0. The highest BCUT2D eigenvalue weighted by Gasteiger charge is 2.17. The third-order valence-corrected chi connectivity index (χ3v) is 10.4. The monoisotopic (exact) mass is 680 g/mol. The van der Waals surface area contributed by atoms with Crippen LogP contribution in [0.4, 0.5) is 11.4 Å². The van der Waals surface area contributed by atoms with Crippen molar-refractivity contribution in [2.75, 3.05) is 5.32 Å². The topological polar surface area (TPSA) is 17.0 Å². The summed E-state index contributed by atoms with van der Waals surface area (Å²) in [4.78, 5) is 0. The van der Waals surface area contributed by atoms with Crippen molar-refractivity contribution in [2.24, 2.45) is 0 Å². The molecule has 2 nitrogen and oxygen atoms in total. The van der Waals surface area contributed by atoms with Crippen LogP contribution >= 0.6 is 0 Å². The van der Waals surface area contributed by atoms with Crippen LogP contribution in [0.2, 0.25) is 0 Å². The van der Waals surface area contributed by atoms with Crippen LogP contribution in [0.15, 0.2) is 182 Å². The molecule has 0 aliphatic rings. The number of aryl methyl sites for hydroxylation is 3. The summed E-state index contributed by atoms with van der Waals surface area (Å²) in [5, 5.41) is 6.29. The maximum absolute atomic E-state index is 3.82. The van der Waals surface area contributed by atoms with Crippen LogP contribution in [0.25, 0.3) is 72.0 Å². The Morgan fingerprint density at radius 2 is 0.906 bits per heavy atom. The Balaban J connectivity index is 1.20. The summed E-state index contributed by atoms with van der Waals surface area (Å²) in [6.45, 7) is 6.53. The molecule has 0 aliphatic heterocycles. The molecule has 9 rings (SSSR count). The Morgan fingerprint density at radius 1 is 0.377 bits per heavy atom. The number of anilines is 2. The fraction of sp³-hybridized carbons (Fsp3) is 0.0588. The molecule has 8 aromatic carbocycles. The summed E-state index contributed by atoms with van der Waals surface area (Å²) in [6, 6.07) is 66.1. The maximum Gasteiger partial charge on any atom is 0.0541 e. The summed E-state index contributed by atoms with van der Waals surface area (Å²) in [5.74, 6) is 0. The van der Waals surface area contributed by atoms with E-state index >= 15 is 0 Å². The van der Waals surface area contributed by atoms with E-state index in [0.717, 1.165) is 11.4 Å². The first-order valence-electron chi connectivity index (χ1n) is 18.3. The Labute approximate surface area is 311 Å². The number of nitrogens with one attached hydrogen (secondary N) is 1. The smallest absolute Gasteiger partial charge is 0.0541 e. The Hall–Kier alpha value is -6.64. The molecule has 0 unspecified atom stereocenters. The summed E-state index contributed by atoms with van der Waals surface area (Å²) in [6.07, 6.45) is 0. The average molecular weight is 681 g/mol. The lowest BCUT2D eigenvalue weighted by Crippen LogP contribution is -1.99. The minimum atomic E-state index is 1.10. The molecule has 1 N–H and O–H groups in total. The Morgan fingerprint density at radius 3 is 1.55 bits per heavy atom. The van der Waals surface area contributed by atoms with Gasteiger partial charge in [-0.1, -0.05) is 139 Å². The van der Waals surface area contributed by atoms with E-state index in [1.165, 1.54) is 88.7 Å². The number of fused-ring (bicyclic) bond motifs is 3. The van der Waals surface area contributed by atoms with Gasteiger partial charge in [-0.05, 0) is 119 Å². The summed E-state index contributed by atoms with van der Waals surface area (Å²) >= 11 is 0. The largest absolute Gasteiger partial charge is 0.355 e. The molecule has 9 aromatic rings. The fourth-order valence-corrected chi connectivity index (χ4v) is 7.97. The van der Waals surface area contributed by atoms with Gasteiger partial charge in [-0.25, -0.2) is 0 Å². The Bertz CT molecular complexity index is 2680. The quantitative estimate of drug-likeness (QED) is 0.177. The molecule has 1 aromatic heterocycles. The zero-order valence-electron chi connectivity index (χ0n) is 30.3. The third kappa shape index (κ3) is 6.09. The van der Waals surface area contributed by atoms with Crippen molar-refractivity contribution < 1.29 is 0 Å². The second-order valence-electron chi connectivity index (χ2n) is 14.1. The molecule has 0 saturated heterocycles. The van der Waals surface area contributed by atoms with Gasteiger partial charge in [0.15, 0.2) is 0 Å². The van der Waals surface area contributed by atoms with Crippen LogP contribution in [-0.2, 0) is 0 Å². The molecule has 1 heterocycles. The van der Waals surface area contributed by atoms with Gasteiger partial charge in [-0.15, -0.1) is 0 Å². The molecule has 0 fully saturated rings. The van der Waals surface area contributed by atoms with E-state index in [-0.39, 0.29) is 0 Å². The zero-order valence-corrected chi connectivity index (χ0v) is 30.3. The first kappa shape index (κ1) is 32.3. The minimum Gasteiger partial charge on any atom is -0.355 e. The maximum atomic E-state index is 3.82. The van der Waals surface area contributed by atoms with E-state index in [4.69, 9.17) is 0 Å². The van der Waals surface area contributed by atoms with Crippen molar-refractivity contribution >= 4 is 33.2 Å². The molecular weight excluding hydrogens is 641 g/mol. The van der Waals surface area contributed by atoms with Crippen LogP contribution in [-0.4, -0.2) is 4.57 Å². The van der Waals surface area contributed by atoms with Crippen molar-refractivity contribution in [2.45, 2.75) is 20.8 Å². The van der Waals surface area contributed by atoms with E-state index in [9.17, 15) is 0 Å². The number of aromatic nitrogens is 1. The number of benzene rings is 8. The summed E-state index contributed by atoms with van der Waals surface area (Å²) < 4.78 is 2.43. The van der Waals surface area contributed by atoms with E-state index < -0.39 is 0 Å². The molecule has 0 spiro atoms. The van der Waals surface area contributed by atoms with Crippen LogP contribution in [0.3, 0.4) is 0 Å². The third-order valence-electron chi connectivity index (χ3n) is 10.4. The second-order valence-corrected chi connectivity index (χ2v) is 14.1. The van der Waals surface area contributed by atoms with Crippen molar-refractivity contribution in [3.63, 3.8) is 0 Å². The highest BCUT2D eigenvalue weighted by atomic mass is 15.0. The zero-order chi connectivity index (χ0) is 35.9. The molecule has 2 heteroatoms. The van der Waals surface area contributed by atoms with Crippen molar-refractivity contribution in [1.82, 2.24) is 4.57 Å². The molecule has 254 valence electrons. The van der Waals surface area contributed by atoms with Gasteiger partial charge < -0.3 is 9.88 Å². The van der Waals surface area contributed by atoms with E-state index in [2.05, 4.69) is 213 Å². The van der Waals surface area contributed by atoms with E-state index in [1.807, 2.05) is 0 Å². The van der Waals surface area contributed by atoms with Gasteiger partial charge in [0.1, 0.15) is 0 Å². The number of hydrogen-bond donors (Lipinski definition) is 1. The number of hydrogen-bond acceptors (Lipinski definition) is 1. The molecule has 0 atom stereocenters. The van der Waals surface area contributed by atoms with Gasteiger partial charge in [0.05, 0.1) is 11.0 Å². The van der Waals surface area contributed by atoms with Crippen molar-refractivity contribution in [3.05, 3.63) is 199 Å². The van der Waals surface area contributed by atoms with Gasteiger partial charge in [-0.2, -0.15) is 0 Å². The molecule has 0 saturated carbocycles. The highest BCUT2D eigenvalue weighted by Crippen LogP contribution is 2.40. The molecule has 0 bridgehead atoms. The van der Waals surface area contributed by atoms with Gasteiger partial charge >= 0.3 is 0 Å². The number of para-hydroxylation sites is 1. The van der Waals surface area contributed by atoms with Gasteiger partial charge in [0, 0.05) is 33.4 Å². The normalized spacial score (nSPS) is 11.3. The van der Waals surface area contributed by atoms with E-state index in [1.54, 1.807) is 0 Å². The van der Waals surface area contributed by atoms with Gasteiger partial charge in [0.25, 0.3) is 0 Å². The van der Waals surface area contributed by atoms with Gasteiger partial charge in [0.2, 0.25) is 0 Å².